The zero-order valence-corrected chi connectivity index (χ0v) is 12.7. The summed E-state index contributed by atoms with van der Waals surface area (Å²) in [6, 6.07) is 7.69. The molecule has 0 bridgehead atoms. The Hall–Kier alpha value is -1.94. The summed E-state index contributed by atoms with van der Waals surface area (Å²) in [5.41, 5.74) is 9.63. The average molecular weight is 307 g/mol. The first-order chi connectivity index (χ1) is 9.65. The molecule has 0 saturated heterocycles. The van der Waals surface area contributed by atoms with Gasteiger partial charge >= 0.3 is 0 Å². The largest absolute Gasteiger partial charge is 0.469 e. The van der Waals surface area contributed by atoms with E-state index in [4.69, 9.17) is 10.2 Å². The summed E-state index contributed by atoms with van der Waals surface area (Å²) >= 11 is 0. The zero-order chi connectivity index (χ0) is 14.1. The predicted molar refractivity (Wildman–Crippen MR) is 84.7 cm³/mol. The van der Waals surface area contributed by atoms with Crippen LogP contribution in [0.25, 0.3) is 0 Å². The lowest BCUT2D eigenvalue weighted by Crippen LogP contribution is -2.31. The van der Waals surface area contributed by atoms with Crippen molar-refractivity contribution in [1.82, 2.24) is 5.32 Å². The molecule has 1 atom stereocenters. The minimum absolute atomic E-state index is 0. The number of anilines is 1. The molecule has 5 heteroatoms. The van der Waals surface area contributed by atoms with Crippen molar-refractivity contribution in [2.45, 2.75) is 32.2 Å². The van der Waals surface area contributed by atoms with Gasteiger partial charge in [0.1, 0.15) is 5.76 Å². The summed E-state index contributed by atoms with van der Waals surface area (Å²) < 4.78 is 5.18. The van der Waals surface area contributed by atoms with Crippen LogP contribution in [0.1, 0.15) is 46.1 Å². The Balaban J connectivity index is 0.00000161. The maximum atomic E-state index is 12.3. The van der Waals surface area contributed by atoms with Crippen LogP contribution in [0.3, 0.4) is 0 Å². The number of benzene rings is 1. The molecule has 1 aromatic carbocycles. The summed E-state index contributed by atoms with van der Waals surface area (Å²) in [5, 5.41) is 3.10. The molecule has 1 aromatic heterocycles. The van der Waals surface area contributed by atoms with Gasteiger partial charge in [-0.15, -0.1) is 12.4 Å². The summed E-state index contributed by atoms with van der Waals surface area (Å²) in [5.74, 6) is 0.571. The van der Waals surface area contributed by atoms with Crippen LogP contribution in [0.4, 0.5) is 5.69 Å². The van der Waals surface area contributed by atoms with Gasteiger partial charge < -0.3 is 15.5 Å². The van der Waals surface area contributed by atoms with Crippen molar-refractivity contribution in [3.63, 3.8) is 0 Å². The number of hydrogen-bond donors (Lipinski definition) is 2. The normalized spacial score (nSPS) is 16.7. The third kappa shape index (κ3) is 3.05. The van der Waals surface area contributed by atoms with Gasteiger partial charge in [0, 0.05) is 5.69 Å². The number of fused-ring (bicyclic) bond motifs is 1. The summed E-state index contributed by atoms with van der Waals surface area (Å²) in [7, 11) is 0. The van der Waals surface area contributed by atoms with E-state index in [1.807, 2.05) is 18.2 Å². The molecule has 0 saturated carbocycles. The molecule has 1 amide bonds. The first kappa shape index (κ1) is 15.4. The molecule has 0 radical (unpaired) electrons. The molecule has 112 valence electrons. The molecule has 0 aliphatic heterocycles. The smallest absolute Gasteiger partial charge is 0.255 e. The van der Waals surface area contributed by atoms with Gasteiger partial charge in [-0.2, -0.15) is 0 Å². The van der Waals surface area contributed by atoms with E-state index in [0.29, 0.717) is 11.3 Å². The number of carbonyl (C=O) groups is 1. The number of carbonyl (C=O) groups excluding carboxylic acids is 1. The Morgan fingerprint density at radius 3 is 2.90 bits per heavy atom. The molecule has 3 N–H and O–H groups in total. The summed E-state index contributed by atoms with van der Waals surface area (Å²) in [4.78, 5) is 12.3. The minimum atomic E-state index is -0.0778. The van der Waals surface area contributed by atoms with Crippen molar-refractivity contribution < 1.29 is 9.21 Å². The second-order valence-corrected chi connectivity index (χ2v) is 5.27. The number of rotatable bonds is 2. The topological polar surface area (TPSA) is 68.3 Å². The molecule has 1 aliphatic carbocycles. The SMILES string of the molecule is Cc1occc1C(=O)NC1CCCc2cc(N)ccc21.Cl. The highest BCUT2D eigenvalue weighted by Gasteiger charge is 2.23. The third-order valence-corrected chi connectivity index (χ3v) is 3.89. The lowest BCUT2D eigenvalue weighted by molar-refractivity contribution is 0.0931. The highest BCUT2D eigenvalue weighted by molar-refractivity contribution is 5.95. The highest BCUT2D eigenvalue weighted by Crippen LogP contribution is 2.31. The monoisotopic (exact) mass is 306 g/mol. The first-order valence-corrected chi connectivity index (χ1v) is 6.88. The van der Waals surface area contributed by atoms with Gasteiger partial charge in [-0.3, -0.25) is 4.79 Å². The van der Waals surface area contributed by atoms with Crippen molar-refractivity contribution >= 4 is 24.0 Å². The van der Waals surface area contributed by atoms with Gasteiger partial charge in [-0.25, -0.2) is 0 Å². The van der Waals surface area contributed by atoms with Crippen LogP contribution in [0.5, 0.6) is 0 Å². The van der Waals surface area contributed by atoms with Crippen molar-refractivity contribution in [2.75, 3.05) is 5.73 Å². The molecule has 1 heterocycles. The number of amides is 1. The molecule has 0 spiro atoms. The molecule has 2 aromatic rings. The minimum Gasteiger partial charge on any atom is -0.469 e. The van der Waals surface area contributed by atoms with Gasteiger partial charge in [0.2, 0.25) is 0 Å². The highest BCUT2D eigenvalue weighted by atomic mass is 35.5. The van der Waals surface area contributed by atoms with Crippen LogP contribution in [-0.2, 0) is 6.42 Å². The fraction of sp³-hybridized carbons (Fsp3) is 0.312. The Kier molecular flexibility index (Phi) is 4.58. The summed E-state index contributed by atoms with van der Waals surface area (Å²) in [6.45, 7) is 1.80. The molecule has 1 unspecified atom stereocenters. The number of hydrogen-bond acceptors (Lipinski definition) is 3. The zero-order valence-electron chi connectivity index (χ0n) is 11.9. The molecule has 21 heavy (non-hydrogen) atoms. The van der Waals surface area contributed by atoms with Crippen molar-refractivity contribution in [1.29, 1.82) is 0 Å². The lowest BCUT2D eigenvalue weighted by Gasteiger charge is -2.26. The molecule has 3 rings (SSSR count). The fourth-order valence-corrected chi connectivity index (χ4v) is 2.84. The number of nitrogens with two attached hydrogens (primary N) is 1. The number of furan rings is 1. The van der Waals surface area contributed by atoms with Crippen molar-refractivity contribution in [2.24, 2.45) is 0 Å². The van der Waals surface area contributed by atoms with Crippen LogP contribution < -0.4 is 11.1 Å². The van der Waals surface area contributed by atoms with Crippen LogP contribution in [0.15, 0.2) is 34.9 Å². The number of nitrogen functional groups attached to an aromatic ring is 1. The van der Waals surface area contributed by atoms with Gasteiger partial charge in [0.15, 0.2) is 0 Å². The molecule has 4 nitrogen and oxygen atoms in total. The van der Waals surface area contributed by atoms with E-state index in [0.717, 1.165) is 24.9 Å². The fourth-order valence-electron chi connectivity index (χ4n) is 2.84. The van der Waals surface area contributed by atoms with E-state index in [9.17, 15) is 4.79 Å². The lowest BCUT2D eigenvalue weighted by atomic mass is 9.87. The Morgan fingerprint density at radius 2 is 2.19 bits per heavy atom. The van der Waals surface area contributed by atoms with Gasteiger partial charge in [-0.05, 0) is 55.5 Å². The molecule has 1 aliphatic rings. The number of halogens is 1. The van der Waals surface area contributed by atoms with E-state index < -0.39 is 0 Å². The Morgan fingerprint density at radius 1 is 1.38 bits per heavy atom. The number of aryl methyl sites for hydroxylation is 2. The van der Waals surface area contributed by atoms with Gasteiger partial charge in [0.05, 0.1) is 17.9 Å². The van der Waals surface area contributed by atoms with Crippen LogP contribution in [0.2, 0.25) is 0 Å². The van der Waals surface area contributed by atoms with Crippen molar-refractivity contribution in [3.05, 3.63) is 53.0 Å². The molecular formula is C16H19ClN2O2. The first-order valence-electron chi connectivity index (χ1n) is 6.88. The average Bonchev–Trinajstić information content (AvgIpc) is 2.85. The maximum absolute atomic E-state index is 12.3. The maximum Gasteiger partial charge on any atom is 0.255 e. The second-order valence-electron chi connectivity index (χ2n) is 5.27. The number of nitrogens with one attached hydrogen (secondary N) is 1. The van der Waals surface area contributed by atoms with Crippen LogP contribution >= 0.6 is 12.4 Å². The van der Waals surface area contributed by atoms with Gasteiger partial charge in [0.25, 0.3) is 5.91 Å². The predicted octanol–water partition coefficient (Wildman–Crippen LogP) is 3.40. The molecule has 0 fully saturated rings. The van der Waals surface area contributed by atoms with E-state index >= 15 is 0 Å². The van der Waals surface area contributed by atoms with Gasteiger partial charge in [-0.1, -0.05) is 6.07 Å². The van der Waals surface area contributed by atoms with Crippen LogP contribution in [0, 0.1) is 6.92 Å². The Labute approximate surface area is 130 Å². The van der Waals surface area contributed by atoms with E-state index in [1.165, 1.54) is 11.1 Å². The molecular weight excluding hydrogens is 288 g/mol. The quantitative estimate of drug-likeness (QED) is 0.836. The van der Waals surface area contributed by atoms with Crippen molar-refractivity contribution in [3.8, 4) is 0 Å². The standard InChI is InChI=1S/C16H18N2O2.ClH/c1-10-13(7-8-20-10)16(19)18-15-4-2-3-11-9-12(17)5-6-14(11)15;/h5-9,15H,2-4,17H2,1H3,(H,18,19);1H. The second kappa shape index (κ2) is 6.22. The third-order valence-electron chi connectivity index (χ3n) is 3.89. The summed E-state index contributed by atoms with van der Waals surface area (Å²) in [6.07, 6.45) is 4.59. The van der Waals surface area contributed by atoms with E-state index in [1.54, 1.807) is 19.3 Å². The van der Waals surface area contributed by atoms with Crippen LogP contribution in [-0.4, -0.2) is 5.91 Å². The Bertz CT molecular complexity index is 651. The van der Waals surface area contributed by atoms with E-state index in [2.05, 4.69) is 5.32 Å². The van der Waals surface area contributed by atoms with E-state index in [-0.39, 0.29) is 24.4 Å².